The molecule has 0 aliphatic heterocycles. The predicted octanol–water partition coefficient (Wildman–Crippen LogP) is 5.39. The minimum absolute atomic E-state index is 0.573. The van der Waals surface area contributed by atoms with Crippen LogP contribution in [0.4, 0.5) is 17.1 Å². The van der Waals surface area contributed by atoms with Gasteiger partial charge in [-0.25, -0.2) is 0 Å². The lowest BCUT2D eigenvalue weighted by atomic mass is 10.2. The molecule has 2 nitrogen and oxygen atoms in total. The normalized spacial score (nSPS) is 10.4. The topological polar surface area (TPSA) is 38.0 Å². The standard InChI is InChI=1S/C13H11BrCl2N2/c1-7-5-12(8(14)6-11(7)17)18-13-9(15)3-2-4-10(13)16/h2-6,18H,17H2,1H3. The van der Waals surface area contributed by atoms with E-state index in [2.05, 4.69) is 21.2 Å². The number of nitrogen functional groups attached to an aromatic ring is 1. The van der Waals surface area contributed by atoms with Gasteiger partial charge in [-0.3, -0.25) is 0 Å². The summed E-state index contributed by atoms with van der Waals surface area (Å²) in [6.07, 6.45) is 0. The smallest absolute Gasteiger partial charge is 0.0763 e. The molecule has 0 heterocycles. The van der Waals surface area contributed by atoms with E-state index in [1.165, 1.54) is 0 Å². The Labute approximate surface area is 124 Å². The van der Waals surface area contributed by atoms with Crippen molar-refractivity contribution in [3.63, 3.8) is 0 Å². The second-order valence-corrected chi connectivity index (χ2v) is 5.58. The lowest BCUT2D eigenvalue weighted by Crippen LogP contribution is -1.97. The highest BCUT2D eigenvalue weighted by Crippen LogP contribution is 2.36. The summed E-state index contributed by atoms with van der Waals surface area (Å²) in [5.74, 6) is 0. The Hall–Kier alpha value is -0.900. The molecule has 0 spiro atoms. The van der Waals surface area contributed by atoms with E-state index < -0.39 is 0 Å². The minimum Gasteiger partial charge on any atom is -0.398 e. The quantitative estimate of drug-likeness (QED) is 0.716. The summed E-state index contributed by atoms with van der Waals surface area (Å²) in [7, 11) is 0. The molecule has 0 saturated carbocycles. The number of nitrogens with one attached hydrogen (secondary N) is 1. The Bertz CT molecular complexity index is 580. The van der Waals surface area contributed by atoms with Gasteiger partial charge in [-0.15, -0.1) is 0 Å². The molecule has 0 radical (unpaired) electrons. The molecule has 0 aromatic heterocycles. The summed E-state index contributed by atoms with van der Waals surface area (Å²) in [4.78, 5) is 0. The highest BCUT2D eigenvalue weighted by Gasteiger charge is 2.09. The third kappa shape index (κ3) is 2.74. The largest absolute Gasteiger partial charge is 0.398 e. The van der Waals surface area contributed by atoms with E-state index in [-0.39, 0.29) is 0 Å². The monoisotopic (exact) mass is 344 g/mol. The van der Waals surface area contributed by atoms with Gasteiger partial charge in [-0.2, -0.15) is 0 Å². The highest BCUT2D eigenvalue weighted by molar-refractivity contribution is 9.10. The number of para-hydroxylation sites is 1. The second kappa shape index (κ2) is 5.39. The number of rotatable bonds is 2. The molecule has 0 unspecified atom stereocenters. The van der Waals surface area contributed by atoms with Crippen LogP contribution in [0.1, 0.15) is 5.56 Å². The van der Waals surface area contributed by atoms with Crippen LogP contribution < -0.4 is 11.1 Å². The van der Waals surface area contributed by atoms with Crippen LogP contribution in [0.5, 0.6) is 0 Å². The van der Waals surface area contributed by atoms with E-state index in [1.54, 1.807) is 18.2 Å². The Morgan fingerprint density at radius 1 is 1.17 bits per heavy atom. The molecule has 2 rings (SSSR count). The average Bonchev–Trinajstić information content (AvgIpc) is 2.30. The van der Waals surface area contributed by atoms with E-state index in [4.69, 9.17) is 28.9 Å². The van der Waals surface area contributed by atoms with Crippen LogP contribution in [0, 0.1) is 6.92 Å². The van der Waals surface area contributed by atoms with Crippen LogP contribution in [0.15, 0.2) is 34.8 Å². The van der Waals surface area contributed by atoms with Gasteiger partial charge in [0.2, 0.25) is 0 Å². The third-order valence-electron chi connectivity index (χ3n) is 2.58. The summed E-state index contributed by atoms with van der Waals surface area (Å²) in [6, 6.07) is 9.17. The van der Waals surface area contributed by atoms with Gasteiger partial charge in [0, 0.05) is 10.2 Å². The number of hydrogen-bond donors (Lipinski definition) is 2. The van der Waals surface area contributed by atoms with E-state index in [0.29, 0.717) is 15.7 Å². The van der Waals surface area contributed by atoms with Gasteiger partial charge in [0.15, 0.2) is 0 Å². The maximum Gasteiger partial charge on any atom is 0.0763 e. The fourth-order valence-corrected chi connectivity index (χ4v) is 2.50. The van der Waals surface area contributed by atoms with Gasteiger partial charge in [-0.05, 0) is 52.7 Å². The molecule has 0 aliphatic carbocycles. The van der Waals surface area contributed by atoms with Crippen LogP contribution in [-0.4, -0.2) is 0 Å². The first-order valence-corrected chi connectivity index (χ1v) is 6.80. The van der Waals surface area contributed by atoms with E-state index in [9.17, 15) is 0 Å². The van der Waals surface area contributed by atoms with Crippen LogP contribution in [0.2, 0.25) is 10.0 Å². The zero-order chi connectivity index (χ0) is 13.3. The van der Waals surface area contributed by atoms with Crippen molar-refractivity contribution in [2.24, 2.45) is 0 Å². The molecule has 94 valence electrons. The molecule has 0 atom stereocenters. The Kier molecular flexibility index (Phi) is 4.05. The van der Waals surface area contributed by atoms with Gasteiger partial charge in [0.05, 0.1) is 21.4 Å². The average molecular weight is 346 g/mol. The van der Waals surface area contributed by atoms with Crippen molar-refractivity contribution in [3.8, 4) is 0 Å². The number of aryl methyl sites for hydroxylation is 1. The summed E-state index contributed by atoms with van der Waals surface area (Å²) >= 11 is 15.7. The van der Waals surface area contributed by atoms with Crippen molar-refractivity contribution in [1.82, 2.24) is 0 Å². The van der Waals surface area contributed by atoms with Gasteiger partial charge in [0.25, 0.3) is 0 Å². The van der Waals surface area contributed by atoms with Crippen LogP contribution in [0.25, 0.3) is 0 Å². The first-order chi connectivity index (χ1) is 8.49. The molecule has 0 aliphatic rings. The summed E-state index contributed by atoms with van der Waals surface area (Å²) in [5, 5.41) is 4.36. The molecule has 0 saturated heterocycles. The zero-order valence-electron chi connectivity index (χ0n) is 9.60. The number of halogens is 3. The van der Waals surface area contributed by atoms with Crippen molar-refractivity contribution in [2.45, 2.75) is 6.92 Å². The molecule has 0 amide bonds. The lowest BCUT2D eigenvalue weighted by molar-refractivity contribution is 1.43. The van der Waals surface area contributed by atoms with E-state index >= 15 is 0 Å². The number of hydrogen-bond acceptors (Lipinski definition) is 2. The minimum atomic E-state index is 0.573. The van der Waals surface area contributed by atoms with Gasteiger partial charge in [0.1, 0.15) is 0 Å². The fraction of sp³-hybridized carbons (Fsp3) is 0.0769. The van der Waals surface area contributed by atoms with E-state index in [1.807, 2.05) is 19.1 Å². The summed E-state index contributed by atoms with van der Waals surface area (Å²) in [6.45, 7) is 1.95. The first-order valence-electron chi connectivity index (χ1n) is 5.25. The van der Waals surface area contributed by atoms with Crippen molar-refractivity contribution < 1.29 is 0 Å². The molecular formula is C13H11BrCl2N2. The lowest BCUT2D eigenvalue weighted by Gasteiger charge is -2.13. The van der Waals surface area contributed by atoms with Crippen LogP contribution in [-0.2, 0) is 0 Å². The molecule has 0 fully saturated rings. The Morgan fingerprint density at radius 2 is 1.78 bits per heavy atom. The Balaban J connectivity index is 2.43. The maximum absolute atomic E-state index is 6.12. The van der Waals surface area contributed by atoms with Crippen molar-refractivity contribution in [2.75, 3.05) is 11.1 Å². The molecule has 2 aromatic rings. The Morgan fingerprint density at radius 3 is 2.39 bits per heavy atom. The van der Waals surface area contributed by atoms with Gasteiger partial charge in [-0.1, -0.05) is 29.3 Å². The van der Waals surface area contributed by atoms with Crippen LogP contribution >= 0.6 is 39.1 Å². The molecular weight excluding hydrogens is 335 g/mol. The second-order valence-electron chi connectivity index (χ2n) is 3.91. The first kappa shape index (κ1) is 13.5. The van der Waals surface area contributed by atoms with Crippen molar-refractivity contribution >= 4 is 56.2 Å². The number of anilines is 3. The molecule has 0 bridgehead atoms. The van der Waals surface area contributed by atoms with Crippen molar-refractivity contribution in [1.29, 1.82) is 0 Å². The fourth-order valence-electron chi connectivity index (χ4n) is 1.54. The maximum atomic E-state index is 6.12. The number of nitrogens with two attached hydrogens (primary N) is 1. The van der Waals surface area contributed by atoms with Gasteiger partial charge < -0.3 is 11.1 Å². The SMILES string of the molecule is Cc1cc(Nc2c(Cl)cccc2Cl)c(Br)cc1N. The predicted molar refractivity (Wildman–Crippen MR) is 83.0 cm³/mol. The van der Waals surface area contributed by atoms with E-state index in [0.717, 1.165) is 21.4 Å². The van der Waals surface area contributed by atoms with Crippen molar-refractivity contribution in [3.05, 3.63) is 50.4 Å². The molecule has 18 heavy (non-hydrogen) atoms. The van der Waals surface area contributed by atoms with Crippen LogP contribution in [0.3, 0.4) is 0 Å². The zero-order valence-corrected chi connectivity index (χ0v) is 12.7. The molecule has 2 aromatic carbocycles. The van der Waals surface area contributed by atoms with Gasteiger partial charge >= 0.3 is 0 Å². The molecule has 3 N–H and O–H groups in total. The molecule has 5 heteroatoms. The third-order valence-corrected chi connectivity index (χ3v) is 3.86. The number of benzene rings is 2. The highest BCUT2D eigenvalue weighted by atomic mass is 79.9. The summed E-state index contributed by atoms with van der Waals surface area (Å²) < 4.78 is 0.863. The summed E-state index contributed by atoms with van der Waals surface area (Å²) in [5.41, 5.74) is 9.11.